The zero-order valence-corrected chi connectivity index (χ0v) is 10.6. The fraction of sp³-hybridized carbons (Fsp3) is 0.583. The molecular weight excluding hydrogens is 224 g/mol. The van der Waals surface area contributed by atoms with Gasteiger partial charge in [0.2, 0.25) is 0 Å². The van der Waals surface area contributed by atoms with Crippen molar-refractivity contribution in [1.29, 1.82) is 0 Å². The van der Waals surface area contributed by atoms with E-state index in [1.165, 1.54) is 0 Å². The van der Waals surface area contributed by atoms with E-state index in [1.807, 2.05) is 26.0 Å². The van der Waals surface area contributed by atoms with Crippen molar-refractivity contribution in [1.82, 2.24) is 4.98 Å². The Hall–Kier alpha value is -0.800. The third-order valence-electron chi connectivity index (χ3n) is 3.37. The molecule has 1 N–H and O–H groups in total. The molecule has 1 fully saturated rings. The lowest BCUT2D eigenvalue weighted by Crippen LogP contribution is -2.62. The van der Waals surface area contributed by atoms with Gasteiger partial charge in [0.1, 0.15) is 11.0 Å². The van der Waals surface area contributed by atoms with Crippen LogP contribution in [0.15, 0.2) is 18.2 Å². The van der Waals surface area contributed by atoms with Gasteiger partial charge in [-0.2, -0.15) is 0 Å². The van der Waals surface area contributed by atoms with Gasteiger partial charge in [-0.25, -0.2) is 4.98 Å². The molecule has 1 aliphatic heterocycles. The van der Waals surface area contributed by atoms with Crippen LogP contribution in [0.1, 0.15) is 20.8 Å². The third-order valence-corrected chi connectivity index (χ3v) is 3.58. The van der Waals surface area contributed by atoms with Gasteiger partial charge in [0.25, 0.3) is 0 Å². The van der Waals surface area contributed by atoms with Gasteiger partial charge in [0, 0.05) is 18.5 Å². The third kappa shape index (κ3) is 2.02. The SMILES string of the molecule is C[C@@H]1C(C(C)(C)O)CN1c1cccc(Cl)n1. The molecule has 0 aromatic carbocycles. The second-order valence-electron chi connectivity index (χ2n) is 4.97. The molecule has 16 heavy (non-hydrogen) atoms. The van der Waals surface area contributed by atoms with Crippen LogP contribution in [0.25, 0.3) is 0 Å². The van der Waals surface area contributed by atoms with Gasteiger partial charge < -0.3 is 10.0 Å². The van der Waals surface area contributed by atoms with E-state index in [0.29, 0.717) is 11.2 Å². The van der Waals surface area contributed by atoms with Crippen LogP contribution >= 0.6 is 11.6 Å². The van der Waals surface area contributed by atoms with Crippen LogP contribution in [0.4, 0.5) is 5.82 Å². The Labute approximate surface area is 101 Å². The summed E-state index contributed by atoms with van der Waals surface area (Å²) in [7, 11) is 0. The molecule has 0 spiro atoms. The van der Waals surface area contributed by atoms with Crippen molar-refractivity contribution in [3.05, 3.63) is 23.4 Å². The molecule has 3 nitrogen and oxygen atoms in total. The number of rotatable bonds is 2. The topological polar surface area (TPSA) is 36.4 Å². The molecule has 0 radical (unpaired) electrons. The zero-order valence-electron chi connectivity index (χ0n) is 9.81. The summed E-state index contributed by atoms with van der Waals surface area (Å²) >= 11 is 5.86. The Kier molecular flexibility index (Phi) is 2.84. The van der Waals surface area contributed by atoms with Crippen molar-refractivity contribution in [3.63, 3.8) is 0 Å². The van der Waals surface area contributed by atoms with E-state index in [1.54, 1.807) is 6.07 Å². The van der Waals surface area contributed by atoms with E-state index < -0.39 is 5.60 Å². The van der Waals surface area contributed by atoms with Crippen LogP contribution in [-0.4, -0.2) is 28.3 Å². The lowest BCUT2D eigenvalue weighted by atomic mass is 9.78. The summed E-state index contributed by atoms with van der Waals surface area (Å²) in [6, 6.07) is 5.91. The molecule has 2 rings (SSSR count). The molecule has 1 aromatic rings. The second kappa shape index (κ2) is 3.90. The Morgan fingerprint density at radius 1 is 1.50 bits per heavy atom. The van der Waals surface area contributed by atoms with E-state index in [2.05, 4.69) is 16.8 Å². The van der Waals surface area contributed by atoms with E-state index in [9.17, 15) is 5.11 Å². The van der Waals surface area contributed by atoms with Gasteiger partial charge in [0.15, 0.2) is 0 Å². The first-order chi connectivity index (χ1) is 7.39. The Balaban J connectivity index is 2.11. The quantitative estimate of drug-likeness (QED) is 0.807. The molecule has 1 aliphatic rings. The van der Waals surface area contributed by atoms with Gasteiger partial charge in [0.05, 0.1) is 5.60 Å². The molecule has 0 saturated carbocycles. The van der Waals surface area contributed by atoms with Crippen LogP contribution in [0, 0.1) is 5.92 Å². The number of aliphatic hydroxyl groups is 1. The molecule has 2 heterocycles. The van der Waals surface area contributed by atoms with Gasteiger partial charge >= 0.3 is 0 Å². The highest BCUT2D eigenvalue weighted by molar-refractivity contribution is 6.29. The van der Waals surface area contributed by atoms with Crippen molar-refractivity contribution in [2.24, 2.45) is 5.92 Å². The van der Waals surface area contributed by atoms with Crippen molar-refractivity contribution >= 4 is 17.4 Å². The number of pyridine rings is 1. The van der Waals surface area contributed by atoms with Crippen LogP contribution in [-0.2, 0) is 0 Å². The first kappa shape index (κ1) is 11.7. The Bertz CT molecular complexity index is 389. The number of anilines is 1. The molecule has 1 unspecified atom stereocenters. The molecule has 0 amide bonds. The minimum atomic E-state index is -0.630. The number of aromatic nitrogens is 1. The summed E-state index contributed by atoms with van der Waals surface area (Å²) in [6.07, 6.45) is 0. The fourth-order valence-electron chi connectivity index (χ4n) is 2.28. The highest BCUT2D eigenvalue weighted by Crippen LogP contribution is 2.36. The zero-order chi connectivity index (χ0) is 11.9. The fourth-order valence-corrected chi connectivity index (χ4v) is 2.44. The van der Waals surface area contributed by atoms with Gasteiger partial charge in [-0.3, -0.25) is 0 Å². The maximum Gasteiger partial charge on any atom is 0.131 e. The first-order valence-electron chi connectivity index (χ1n) is 5.51. The van der Waals surface area contributed by atoms with Crippen molar-refractivity contribution in [2.75, 3.05) is 11.4 Å². The van der Waals surface area contributed by atoms with E-state index in [0.717, 1.165) is 12.4 Å². The van der Waals surface area contributed by atoms with Crippen molar-refractivity contribution < 1.29 is 5.11 Å². The summed E-state index contributed by atoms with van der Waals surface area (Å²) in [5.41, 5.74) is -0.630. The highest BCUT2D eigenvalue weighted by Gasteiger charge is 2.44. The summed E-state index contributed by atoms with van der Waals surface area (Å²) in [5, 5.41) is 10.5. The average Bonchev–Trinajstić information content (AvgIpc) is 2.13. The summed E-state index contributed by atoms with van der Waals surface area (Å²) in [5.74, 6) is 1.17. The molecule has 4 heteroatoms. The Morgan fingerprint density at radius 3 is 2.69 bits per heavy atom. The molecule has 1 aromatic heterocycles. The molecule has 1 saturated heterocycles. The first-order valence-corrected chi connectivity index (χ1v) is 5.89. The standard InChI is InChI=1S/C12H17ClN2O/c1-8-9(12(2,3)16)7-15(8)11-6-4-5-10(13)14-11/h4-6,8-9,16H,7H2,1-3H3/t8-,9?/m1/s1. The number of hydrogen-bond acceptors (Lipinski definition) is 3. The van der Waals surface area contributed by atoms with Crippen molar-refractivity contribution in [2.45, 2.75) is 32.4 Å². The minimum Gasteiger partial charge on any atom is -0.390 e. The van der Waals surface area contributed by atoms with E-state index >= 15 is 0 Å². The predicted octanol–water partition coefficient (Wildman–Crippen LogP) is 2.33. The molecular formula is C12H17ClN2O. The van der Waals surface area contributed by atoms with Gasteiger partial charge in [-0.15, -0.1) is 0 Å². The average molecular weight is 241 g/mol. The van der Waals surface area contributed by atoms with Crippen LogP contribution in [0.5, 0.6) is 0 Å². The van der Waals surface area contributed by atoms with Gasteiger partial charge in [-0.05, 0) is 32.9 Å². The monoisotopic (exact) mass is 240 g/mol. The highest BCUT2D eigenvalue weighted by atomic mass is 35.5. The maximum atomic E-state index is 9.95. The molecule has 0 aliphatic carbocycles. The lowest BCUT2D eigenvalue weighted by Gasteiger charge is -2.52. The maximum absolute atomic E-state index is 9.95. The molecule has 88 valence electrons. The number of halogens is 1. The van der Waals surface area contributed by atoms with E-state index in [-0.39, 0.29) is 5.92 Å². The summed E-state index contributed by atoms with van der Waals surface area (Å²) in [4.78, 5) is 6.43. The largest absolute Gasteiger partial charge is 0.390 e. The molecule has 0 bridgehead atoms. The smallest absolute Gasteiger partial charge is 0.131 e. The van der Waals surface area contributed by atoms with Crippen LogP contribution in [0.2, 0.25) is 5.15 Å². The minimum absolute atomic E-state index is 0.285. The lowest BCUT2D eigenvalue weighted by molar-refractivity contribution is -0.0145. The Morgan fingerprint density at radius 2 is 2.19 bits per heavy atom. The molecule has 2 atom stereocenters. The number of hydrogen-bond donors (Lipinski definition) is 1. The second-order valence-corrected chi connectivity index (χ2v) is 5.36. The summed E-state index contributed by atoms with van der Waals surface area (Å²) < 4.78 is 0. The summed E-state index contributed by atoms with van der Waals surface area (Å²) in [6.45, 7) is 6.65. The van der Waals surface area contributed by atoms with Crippen molar-refractivity contribution in [3.8, 4) is 0 Å². The predicted molar refractivity (Wildman–Crippen MR) is 65.8 cm³/mol. The van der Waals surface area contributed by atoms with E-state index in [4.69, 9.17) is 11.6 Å². The van der Waals surface area contributed by atoms with Crippen LogP contribution < -0.4 is 4.90 Å². The number of nitrogens with zero attached hydrogens (tertiary/aromatic N) is 2. The van der Waals surface area contributed by atoms with Crippen LogP contribution in [0.3, 0.4) is 0 Å². The van der Waals surface area contributed by atoms with Gasteiger partial charge in [-0.1, -0.05) is 17.7 Å². The normalized spacial score (nSPS) is 25.4.